The highest BCUT2D eigenvalue weighted by Gasteiger charge is 2.09. The molecule has 14 heavy (non-hydrogen) atoms. The Balaban J connectivity index is 3.00. The number of halogens is 1. The van der Waals surface area contributed by atoms with Crippen LogP contribution in [0, 0.1) is 19.7 Å². The van der Waals surface area contributed by atoms with E-state index in [1.54, 1.807) is 26.0 Å². The fourth-order valence-electron chi connectivity index (χ4n) is 1.50. The minimum atomic E-state index is -0.210. The molecule has 0 aliphatic carbocycles. The Morgan fingerprint density at radius 1 is 1.36 bits per heavy atom. The average molecular weight is 197 g/mol. The Morgan fingerprint density at radius 2 is 1.86 bits per heavy atom. The van der Waals surface area contributed by atoms with Gasteiger partial charge < -0.3 is 10.8 Å². The van der Waals surface area contributed by atoms with Gasteiger partial charge in [0.2, 0.25) is 0 Å². The molecule has 0 radical (unpaired) electrons. The Labute approximate surface area is 83.6 Å². The summed E-state index contributed by atoms with van der Waals surface area (Å²) in [7, 11) is 0. The first kappa shape index (κ1) is 11.1. The number of aliphatic hydroxyl groups excluding tert-OH is 1. The lowest BCUT2D eigenvalue weighted by Gasteiger charge is -2.13. The van der Waals surface area contributed by atoms with Crippen LogP contribution in [0.5, 0.6) is 0 Å². The summed E-state index contributed by atoms with van der Waals surface area (Å²) in [6, 6.07) is 3.27. The number of nitrogens with two attached hydrogens (primary N) is 1. The van der Waals surface area contributed by atoms with Crippen LogP contribution in [0.3, 0.4) is 0 Å². The van der Waals surface area contributed by atoms with Crippen molar-refractivity contribution in [2.45, 2.75) is 26.3 Å². The van der Waals surface area contributed by atoms with E-state index in [4.69, 9.17) is 10.8 Å². The molecule has 0 bridgehead atoms. The Kier molecular flexibility index (Phi) is 3.61. The maximum absolute atomic E-state index is 13.3. The van der Waals surface area contributed by atoms with Crippen molar-refractivity contribution in [3.8, 4) is 0 Å². The topological polar surface area (TPSA) is 46.2 Å². The van der Waals surface area contributed by atoms with E-state index in [0.717, 1.165) is 5.56 Å². The van der Waals surface area contributed by atoms with Gasteiger partial charge in [-0.2, -0.15) is 0 Å². The molecule has 0 heterocycles. The van der Waals surface area contributed by atoms with Crippen molar-refractivity contribution >= 4 is 0 Å². The maximum Gasteiger partial charge on any atom is 0.129 e. The van der Waals surface area contributed by atoms with Gasteiger partial charge in [0, 0.05) is 12.6 Å². The molecule has 3 N–H and O–H groups in total. The molecule has 0 fully saturated rings. The van der Waals surface area contributed by atoms with E-state index in [1.165, 1.54) is 0 Å². The third-order valence-corrected chi connectivity index (χ3v) is 2.33. The molecule has 1 aromatic carbocycles. The molecular formula is C11H16FNO. The van der Waals surface area contributed by atoms with Crippen molar-refractivity contribution in [3.05, 3.63) is 34.6 Å². The molecule has 2 nitrogen and oxygen atoms in total. The second-order valence-electron chi connectivity index (χ2n) is 3.59. The van der Waals surface area contributed by atoms with Crippen LogP contribution < -0.4 is 5.73 Å². The van der Waals surface area contributed by atoms with E-state index in [2.05, 4.69) is 0 Å². The Hall–Kier alpha value is -0.930. The first-order valence-electron chi connectivity index (χ1n) is 4.69. The molecule has 0 saturated carbocycles. The zero-order chi connectivity index (χ0) is 10.7. The highest BCUT2D eigenvalue weighted by molar-refractivity contribution is 5.32. The quantitative estimate of drug-likeness (QED) is 0.776. The molecule has 0 aliphatic rings. The van der Waals surface area contributed by atoms with Gasteiger partial charge in [0.25, 0.3) is 0 Å². The lowest BCUT2D eigenvalue weighted by Crippen LogP contribution is -2.12. The molecule has 0 aliphatic heterocycles. The molecular weight excluding hydrogens is 181 g/mol. The van der Waals surface area contributed by atoms with Crippen molar-refractivity contribution < 1.29 is 9.50 Å². The number of benzene rings is 1. The first-order valence-corrected chi connectivity index (χ1v) is 4.69. The summed E-state index contributed by atoms with van der Waals surface area (Å²) in [6.45, 7) is 3.49. The monoisotopic (exact) mass is 197 g/mol. The van der Waals surface area contributed by atoms with Crippen LogP contribution in [0.25, 0.3) is 0 Å². The fourth-order valence-corrected chi connectivity index (χ4v) is 1.50. The average Bonchev–Trinajstić information content (AvgIpc) is 2.13. The SMILES string of the molecule is Cc1cc([C@H](N)CCO)cc(C)c1F. The molecule has 0 spiro atoms. The lowest BCUT2D eigenvalue weighted by atomic mass is 9.99. The smallest absolute Gasteiger partial charge is 0.129 e. The van der Waals surface area contributed by atoms with Crippen LogP contribution >= 0.6 is 0 Å². The van der Waals surface area contributed by atoms with Gasteiger partial charge in [0.1, 0.15) is 5.82 Å². The molecule has 1 aromatic rings. The maximum atomic E-state index is 13.3. The van der Waals surface area contributed by atoms with Gasteiger partial charge in [-0.25, -0.2) is 4.39 Å². The third-order valence-electron chi connectivity index (χ3n) is 2.33. The summed E-state index contributed by atoms with van der Waals surface area (Å²) < 4.78 is 13.3. The number of aliphatic hydroxyl groups is 1. The van der Waals surface area contributed by atoms with E-state index >= 15 is 0 Å². The summed E-state index contributed by atoms with van der Waals surface area (Å²) >= 11 is 0. The molecule has 0 aromatic heterocycles. The van der Waals surface area contributed by atoms with E-state index in [-0.39, 0.29) is 18.5 Å². The summed E-state index contributed by atoms with van der Waals surface area (Å²) in [5, 5.41) is 8.74. The van der Waals surface area contributed by atoms with Crippen molar-refractivity contribution in [2.24, 2.45) is 5.73 Å². The summed E-state index contributed by atoms with van der Waals surface area (Å²) in [4.78, 5) is 0. The zero-order valence-electron chi connectivity index (χ0n) is 8.55. The summed E-state index contributed by atoms with van der Waals surface area (Å²) in [5.74, 6) is -0.176. The highest BCUT2D eigenvalue weighted by atomic mass is 19.1. The van der Waals surface area contributed by atoms with Gasteiger partial charge >= 0.3 is 0 Å². The van der Waals surface area contributed by atoms with Crippen LogP contribution in [0.15, 0.2) is 12.1 Å². The second kappa shape index (κ2) is 4.53. The van der Waals surface area contributed by atoms with Gasteiger partial charge in [0.15, 0.2) is 0 Å². The van der Waals surface area contributed by atoms with E-state index in [0.29, 0.717) is 17.5 Å². The minimum absolute atomic E-state index is 0.0522. The van der Waals surface area contributed by atoms with Gasteiger partial charge in [-0.1, -0.05) is 12.1 Å². The van der Waals surface area contributed by atoms with E-state index in [9.17, 15) is 4.39 Å². The third kappa shape index (κ3) is 2.30. The Bertz CT molecular complexity index is 302. The van der Waals surface area contributed by atoms with Crippen LogP contribution in [0.1, 0.15) is 29.2 Å². The highest BCUT2D eigenvalue weighted by Crippen LogP contribution is 2.20. The van der Waals surface area contributed by atoms with E-state index < -0.39 is 0 Å². The number of rotatable bonds is 3. The predicted molar refractivity (Wildman–Crippen MR) is 54.5 cm³/mol. The number of aryl methyl sites for hydroxylation is 2. The molecule has 0 amide bonds. The van der Waals surface area contributed by atoms with Crippen molar-refractivity contribution in [2.75, 3.05) is 6.61 Å². The van der Waals surface area contributed by atoms with Crippen LogP contribution in [-0.4, -0.2) is 11.7 Å². The zero-order valence-corrected chi connectivity index (χ0v) is 8.55. The summed E-state index contributed by atoms with van der Waals surface area (Å²) in [6.07, 6.45) is 0.504. The molecule has 0 saturated heterocycles. The van der Waals surface area contributed by atoms with Crippen molar-refractivity contribution in [3.63, 3.8) is 0 Å². The van der Waals surface area contributed by atoms with Crippen molar-refractivity contribution in [1.82, 2.24) is 0 Å². The second-order valence-corrected chi connectivity index (χ2v) is 3.59. The van der Waals surface area contributed by atoms with Crippen LogP contribution in [0.4, 0.5) is 4.39 Å². The van der Waals surface area contributed by atoms with Gasteiger partial charge in [-0.3, -0.25) is 0 Å². The van der Waals surface area contributed by atoms with Gasteiger partial charge in [-0.15, -0.1) is 0 Å². The number of hydrogen-bond donors (Lipinski definition) is 2. The number of hydrogen-bond acceptors (Lipinski definition) is 2. The summed E-state index contributed by atoms with van der Waals surface area (Å²) in [5.41, 5.74) is 7.91. The molecule has 78 valence electrons. The fraction of sp³-hybridized carbons (Fsp3) is 0.455. The first-order chi connectivity index (χ1) is 6.56. The largest absolute Gasteiger partial charge is 0.396 e. The standard InChI is InChI=1S/C11H16FNO/c1-7-5-9(10(13)3-4-14)6-8(2)11(7)12/h5-6,10,14H,3-4,13H2,1-2H3/t10-/m1/s1. The van der Waals surface area contributed by atoms with Crippen LogP contribution in [-0.2, 0) is 0 Å². The minimum Gasteiger partial charge on any atom is -0.396 e. The normalized spacial score (nSPS) is 12.9. The molecule has 3 heteroatoms. The molecule has 1 rings (SSSR count). The van der Waals surface area contributed by atoms with Crippen molar-refractivity contribution in [1.29, 1.82) is 0 Å². The van der Waals surface area contributed by atoms with E-state index in [1.807, 2.05) is 0 Å². The predicted octanol–water partition coefficient (Wildman–Crippen LogP) is 1.82. The molecule has 1 atom stereocenters. The van der Waals surface area contributed by atoms with Gasteiger partial charge in [0.05, 0.1) is 0 Å². The molecule has 0 unspecified atom stereocenters. The lowest BCUT2D eigenvalue weighted by molar-refractivity contribution is 0.276. The van der Waals surface area contributed by atoms with Gasteiger partial charge in [-0.05, 0) is 37.0 Å². The Morgan fingerprint density at radius 3 is 2.29 bits per heavy atom. The van der Waals surface area contributed by atoms with Crippen LogP contribution in [0.2, 0.25) is 0 Å².